The average molecular weight is 509 g/mol. The smallest absolute Gasteiger partial charge is 0.368 e. The molecule has 0 bridgehead atoms. The normalized spacial score (nSPS) is 10.8. The molecule has 0 atom stereocenters. The van der Waals surface area contributed by atoms with Gasteiger partial charge < -0.3 is 14.3 Å². The number of aromatic nitrogens is 2. The van der Waals surface area contributed by atoms with Crippen molar-refractivity contribution in [2.45, 2.75) is 10.1 Å². The van der Waals surface area contributed by atoms with Crippen molar-refractivity contribution in [1.29, 1.82) is 0 Å². The first-order valence-electron chi connectivity index (χ1n) is 8.44. The fourth-order valence-electron chi connectivity index (χ4n) is 2.29. The minimum Gasteiger partial charge on any atom is -0.481 e. The molecule has 10 heteroatoms. The van der Waals surface area contributed by atoms with Gasteiger partial charge >= 0.3 is 5.97 Å². The molecule has 0 amide bonds. The van der Waals surface area contributed by atoms with Crippen molar-refractivity contribution >= 4 is 51.5 Å². The van der Waals surface area contributed by atoms with Gasteiger partial charge in [0.1, 0.15) is 0 Å². The molecule has 3 rings (SSSR count). The summed E-state index contributed by atoms with van der Waals surface area (Å²) in [5, 5.41) is 4.31. The number of rotatable bonds is 7. The van der Waals surface area contributed by atoms with Gasteiger partial charge in [0.25, 0.3) is 0 Å². The second-order valence-corrected chi connectivity index (χ2v) is 7.95. The van der Waals surface area contributed by atoms with Gasteiger partial charge in [0.05, 0.1) is 37.1 Å². The van der Waals surface area contributed by atoms with Crippen molar-refractivity contribution in [3.63, 3.8) is 0 Å². The minimum absolute atomic E-state index is 0.154. The van der Waals surface area contributed by atoms with Crippen LogP contribution in [0.15, 0.2) is 68.2 Å². The topological polar surface area (TPSA) is 82.9 Å². The van der Waals surface area contributed by atoms with Crippen LogP contribution in [0.1, 0.15) is 15.9 Å². The lowest BCUT2D eigenvalue weighted by atomic mass is 10.2. The first kappa shape index (κ1) is 22.1. The Hall–Kier alpha value is -2.62. The lowest BCUT2D eigenvalue weighted by molar-refractivity contribution is 0.0515. The van der Waals surface area contributed by atoms with Gasteiger partial charge in [-0.25, -0.2) is 4.79 Å². The van der Waals surface area contributed by atoms with E-state index in [4.69, 9.17) is 25.9 Å². The highest BCUT2D eigenvalue weighted by molar-refractivity contribution is 9.10. The van der Waals surface area contributed by atoms with E-state index in [1.54, 1.807) is 24.3 Å². The summed E-state index contributed by atoms with van der Waals surface area (Å²) in [6, 6.07) is 13.9. The van der Waals surface area contributed by atoms with Crippen LogP contribution in [0, 0.1) is 0 Å². The summed E-state index contributed by atoms with van der Waals surface area (Å²) in [5.74, 6) is -0.0486. The predicted octanol–water partition coefficient (Wildman–Crippen LogP) is 5.25. The summed E-state index contributed by atoms with van der Waals surface area (Å²) < 4.78 is 11.2. The van der Waals surface area contributed by atoms with Crippen molar-refractivity contribution in [1.82, 2.24) is 9.97 Å². The number of methoxy groups -OCH3 is 2. The zero-order valence-electron chi connectivity index (χ0n) is 15.8. The summed E-state index contributed by atoms with van der Waals surface area (Å²) >= 11 is 10.8. The van der Waals surface area contributed by atoms with E-state index >= 15 is 0 Å². The first-order chi connectivity index (χ1) is 14.5. The van der Waals surface area contributed by atoms with E-state index in [0.29, 0.717) is 21.8 Å². The van der Waals surface area contributed by atoms with Crippen molar-refractivity contribution < 1.29 is 19.1 Å². The monoisotopic (exact) mass is 507 g/mol. The van der Waals surface area contributed by atoms with Crippen LogP contribution >= 0.6 is 39.3 Å². The summed E-state index contributed by atoms with van der Waals surface area (Å²) in [6.07, 6.45) is 1.43. The molecular formula is C20H15BrClN3O4S. The fourth-order valence-corrected chi connectivity index (χ4v) is 3.93. The maximum atomic E-state index is 12.6. The van der Waals surface area contributed by atoms with Crippen LogP contribution in [-0.2, 0) is 4.84 Å². The molecule has 0 unspecified atom stereocenters. The van der Waals surface area contributed by atoms with Gasteiger partial charge in [-0.15, -0.1) is 0 Å². The molecule has 0 saturated heterocycles. The van der Waals surface area contributed by atoms with Crippen molar-refractivity contribution in [2.24, 2.45) is 5.16 Å². The fraction of sp³-hybridized carbons (Fsp3) is 0.100. The number of hydrogen-bond donors (Lipinski definition) is 0. The third-order valence-electron chi connectivity index (χ3n) is 3.64. The lowest BCUT2D eigenvalue weighted by Crippen LogP contribution is -2.05. The van der Waals surface area contributed by atoms with Crippen LogP contribution < -0.4 is 9.47 Å². The van der Waals surface area contributed by atoms with Crippen LogP contribution in [0.2, 0.25) is 5.02 Å². The lowest BCUT2D eigenvalue weighted by Gasteiger charge is -2.09. The third kappa shape index (κ3) is 5.71. The van der Waals surface area contributed by atoms with Crippen molar-refractivity contribution in [3.8, 4) is 11.8 Å². The van der Waals surface area contributed by atoms with Crippen molar-refractivity contribution in [2.75, 3.05) is 14.2 Å². The number of halogens is 2. The summed E-state index contributed by atoms with van der Waals surface area (Å²) in [4.78, 5) is 26.7. The predicted molar refractivity (Wildman–Crippen MR) is 118 cm³/mol. The van der Waals surface area contributed by atoms with Gasteiger partial charge in [0, 0.05) is 9.37 Å². The largest absolute Gasteiger partial charge is 0.481 e. The van der Waals surface area contributed by atoms with E-state index in [-0.39, 0.29) is 10.6 Å². The number of oxime groups is 1. The van der Waals surface area contributed by atoms with Gasteiger partial charge in [-0.2, -0.15) is 9.97 Å². The Kier molecular flexibility index (Phi) is 7.67. The Morgan fingerprint density at radius 3 is 2.47 bits per heavy atom. The molecule has 0 aliphatic carbocycles. The summed E-state index contributed by atoms with van der Waals surface area (Å²) in [5.41, 5.74) is 0.920. The zero-order valence-corrected chi connectivity index (χ0v) is 19.0. The number of carbonyl (C=O) groups excluding carboxylic acids is 1. The Labute approximate surface area is 190 Å². The van der Waals surface area contributed by atoms with Crippen LogP contribution in [-0.4, -0.2) is 36.4 Å². The van der Waals surface area contributed by atoms with E-state index in [2.05, 4.69) is 31.1 Å². The average Bonchev–Trinajstić information content (AvgIpc) is 2.73. The van der Waals surface area contributed by atoms with E-state index < -0.39 is 5.97 Å². The molecule has 0 aliphatic heterocycles. The standard InChI is InChI=1S/C20H15BrClN3O4S/c1-27-16-10-17(28-2)25-20(24-16)30-15-8-4-7-14(22)18(15)19(26)29-23-11-12-5-3-6-13(21)9-12/h3-11H,1-2H3/b23-11+. The molecule has 3 aromatic rings. The Morgan fingerprint density at radius 2 is 1.80 bits per heavy atom. The van der Waals surface area contributed by atoms with Crippen LogP contribution in [0.25, 0.3) is 0 Å². The quantitative estimate of drug-likeness (QED) is 0.186. The minimum atomic E-state index is -0.704. The van der Waals surface area contributed by atoms with Gasteiger partial charge in [-0.05, 0) is 41.6 Å². The second kappa shape index (κ2) is 10.4. The Morgan fingerprint density at radius 1 is 1.10 bits per heavy atom. The van der Waals surface area contributed by atoms with Crippen LogP contribution in [0.5, 0.6) is 11.8 Å². The number of hydrogen-bond acceptors (Lipinski definition) is 8. The first-order valence-corrected chi connectivity index (χ1v) is 10.4. The summed E-state index contributed by atoms with van der Waals surface area (Å²) in [7, 11) is 2.98. The molecule has 154 valence electrons. The van der Waals surface area contributed by atoms with Gasteiger partial charge in [0.2, 0.25) is 11.8 Å². The number of benzene rings is 2. The third-order valence-corrected chi connectivity index (χ3v) is 5.38. The number of nitrogens with zero attached hydrogens (tertiary/aromatic N) is 3. The Balaban J connectivity index is 1.83. The van der Waals surface area contributed by atoms with E-state index in [1.165, 1.54) is 20.4 Å². The van der Waals surface area contributed by atoms with E-state index in [1.807, 2.05) is 24.3 Å². The highest BCUT2D eigenvalue weighted by Gasteiger charge is 2.20. The molecule has 2 aromatic carbocycles. The zero-order chi connectivity index (χ0) is 21.5. The molecule has 1 aromatic heterocycles. The van der Waals surface area contributed by atoms with Gasteiger partial charge in [-0.3, -0.25) is 0 Å². The highest BCUT2D eigenvalue weighted by atomic mass is 79.9. The maximum absolute atomic E-state index is 12.6. The molecule has 0 fully saturated rings. The number of carbonyl (C=O) groups is 1. The molecule has 30 heavy (non-hydrogen) atoms. The summed E-state index contributed by atoms with van der Waals surface area (Å²) in [6.45, 7) is 0. The molecule has 0 aliphatic rings. The second-order valence-electron chi connectivity index (χ2n) is 5.62. The molecule has 1 heterocycles. The SMILES string of the molecule is COc1cc(OC)nc(Sc2cccc(Cl)c2C(=O)O/N=C/c2cccc(Br)c2)n1. The highest BCUT2D eigenvalue weighted by Crippen LogP contribution is 2.34. The van der Waals surface area contributed by atoms with Gasteiger partial charge in [0.15, 0.2) is 5.16 Å². The van der Waals surface area contributed by atoms with Crippen molar-refractivity contribution in [3.05, 3.63) is 69.2 Å². The van der Waals surface area contributed by atoms with Crippen LogP contribution in [0.4, 0.5) is 0 Å². The van der Waals surface area contributed by atoms with Crippen LogP contribution in [0.3, 0.4) is 0 Å². The molecule has 0 spiro atoms. The molecule has 7 nitrogen and oxygen atoms in total. The maximum Gasteiger partial charge on any atom is 0.368 e. The Bertz CT molecular complexity index is 1080. The molecule has 0 saturated carbocycles. The molecule has 0 radical (unpaired) electrons. The molecular weight excluding hydrogens is 494 g/mol. The number of ether oxygens (including phenoxy) is 2. The van der Waals surface area contributed by atoms with E-state index in [9.17, 15) is 4.79 Å². The van der Waals surface area contributed by atoms with E-state index in [0.717, 1.165) is 21.8 Å². The van der Waals surface area contributed by atoms with Gasteiger partial charge in [-0.1, -0.05) is 50.9 Å². The molecule has 0 N–H and O–H groups in total.